The Morgan fingerprint density at radius 1 is 1.04 bits per heavy atom. The van der Waals surface area contributed by atoms with Gasteiger partial charge in [-0.1, -0.05) is 53.7 Å². The molecule has 2 aromatic rings. The van der Waals surface area contributed by atoms with Crippen molar-refractivity contribution in [3.8, 4) is 0 Å². The summed E-state index contributed by atoms with van der Waals surface area (Å²) in [6.07, 6.45) is 1.56. The summed E-state index contributed by atoms with van der Waals surface area (Å²) in [5.41, 5.74) is 3.78. The van der Waals surface area contributed by atoms with Crippen molar-refractivity contribution in [1.29, 1.82) is 0 Å². The molecular weight excluding hydrogens is 358 g/mol. The third-order valence-corrected chi connectivity index (χ3v) is 11.6. The number of nitrogens with one attached hydrogen (secondary N) is 1. The lowest BCUT2D eigenvalue weighted by Crippen LogP contribution is -2.47. The normalized spacial score (nSPS) is 12.4. The number of methoxy groups -OCH3 is 1. The van der Waals surface area contributed by atoms with Crippen LogP contribution in [0.25, 0.3) is 10.9 Å². The molecule has 0 saturated carbocycles. The SMILES string of the molecule is COC(=O)C(=O)c1c[nH]c2cc(CO[Si](C(C)C)(C(C)C)C(C)C)ccc12. The molecule has 0 aliphatic rings. The van der Waals surface area contributed by atoms with Gasteiger partial charge in [0, 0.05) is 17.1 Å². The Morgan fingerprint density at radius 3 is 2.15 bits per heavy atom. The fourth-order valence-electron chi connectivity index (χ4n) is 4.36. The molecule has 5 nitrogen and oxygen atoms in total. The summed E-state index contributed by atoms with van der Waals surface area (Å²) < 4.78 is 11.2. The van der Waals surface area contributed by atoms with Crippen molar-refractivity contribution in [3.63, 3.8) is 0 Å². The molecule has 0 atom stereocenters. The fraction of sp³-hybridized carbons (Fsp3) is 0.524. The number of H-pyrrole nitrogens is 1. The Bertz CT molecular complexity index is 801. The van der Waals surface area contributed by atoms with E-state index >= 15 is 0 Å². The number of ketones is 1. The Morgan fingerprint density at radius 2 is 1.63 bits per heavy atom. The number of rotatable bonds is 8. The maximum Gasteiger partial charge on any atom is 0.379 e. The highest BCUT2D eigenvalue weighted by Crippen LogP contribution is 2.42. The van der Waals surface area contributed by atoms with Crippen LogP contribution < -0.4 is 0 Å². The van der Waals surface area contributed by atoms with Gasteiger partial charge in [-0.15, -0.1) is 0 Å². The van der Waals surface area contributed by atoms with E-state index in [9.17, 15) is 9.59 Å². The largest absolute Gasteiger partial charge is 0.463 e. The number of esters is 1. The third kappa shape index (κ3) is 4.01. The number of hydrogen-bond donors (Lipinski definition) is 1. The average molecular weight is 390 g/mol. The number of benzene rings is 1. The molecular formula is C21H31NO4Si. The van der Waals surface area contributed by atoms with Crippen LogP contribution in [0, 0.1) is 0 Å². The standard InChI is InChI=1S/C21H31NO4Si/c1-13(2)27(14(3)4,15(5)6)26-12-16-8-9-17-18(11-22-19(17)10-16)20(23)21(24)25-7/h8-11,13-15,22H,12H2,1-7H3. The summed E-state index contributed by atoms with van der Waals surface area (Å²) in [5, 5.41) is 0.717. The molecule has 6 heteroatoms. The molecule has 0 unspecified atom stereocenters. The van der Waals surface area contributed by atoms with Gasteiger partial charge in [0.25, 0.3) is 5.78 Å². The molecule has 27 heavy (non-hydrogen) atoms. The molecule has 1 aromatic carbocycles. The van der Waals surface area contributed by atoms with Crippen molar-refractivity contribution < 1.29 is 18.8 Å². The molecule has 0 spiro atoms. The zero-order chi connectivity index (χ0) is 20.4. The second-order valence-corrected chi connectivity index (χ2v) is 13.5. The van der Waals surface area contributed by atoms with Gasteiger partial charge in [-0.05, 0) is 28.3 Å². The van der Waals surface area contributed by atoms with Crippen LogP contribution in [0.5, 0.6) is 0 Å². The smallest absolute Gasteiger partial charge is 0.379 e. The van der Waals surface area contributed by atoms with E-state index in [0.717, 1.165) is 11.1 Å². The van der Waals surface area contributed by atoms with Crippen LogP contribution in [0.1, 0.15) is 57.5 Å². The molecule has 0 fully saturated rings. The lowest BCUT2D eigenvalue weighted by Gasteiger charge is -2.42. The van der Waals surface area contributed by atoms with Gasteiger partial charge in [0.05, 0.1) is 19.3 Å². The molecule has 0 aliphatic heterocycles. The lowest BCUT2D eigenvalue weighted by molar-refractivity contribution is -0.135. The molecule has 0 amide bonds. The van der Waals surface area contributed by atoms with E-state index in [-0.39, 0.29) is 0 Å². The van der Waals surface area contributed by atoms with Crippen molar-refractivity contribution in [2.75, 3.05) is 7.11 Å². The predicted octanol–water partition coefficient (Wildman–Crippen LogP) is 5.22. The van der Waals surface area contributed by atoms with E-state index in [1.165, 1.54) is 7.11 Å². The van der Waals surface area contributed by atoms with E-state index in [4.69, 9.17) is 4.43 Å². The highest BCUT2D eigenvalue weighted by atomic mass is 28.4. The van der Waals surface area contributed by atoms with Gasteiger partial charge >= 0.3 is 5.97 Å². The molecule has 0 saturated heterocycles. The molecule has 0 aliphatic carbocycles. The number of Topliss-reactive ketones (excluding diaryl/α,β-unsaturated/α-hetero) is 1. The monoisotopic (exact) mass is 389 g/mol. The van der Waals surface area contributed by atoms with E-state index in [1.807, 2.05) is 18.2 Å². The van der Waals surface area contributed by atoms with Gasteiger partial charge in [-0.25, -0.2) is 4.79 Å². The summed E-state index contributed by atoms with van der Waals surface area (Å²) in [4.78, 5) is 26.7. The Labute approximate surface area is 162 Å². The number of carbonyl (C=O) groups excluding carboxylic acids is 2. The van der Waals surface area contributed by atoms with Crippen molar-refractivity contribution in [1.82, 2.24) is 4.98 Å². The molecule has 1 heterocycles. The third-order valence-electron chi connectivity index (χ3n) is 5.56. The maximum atomic E-state index is 12.1. The fourth-order valence-corrected chi connectivity index (χ4v) is 9.78. The minimum absolute atomic E-state index is 0.333. The lowest BCUT2D eigenvalue weighted by atomic mass is 10.1. The molecule has 0 radical (unpaired) electrons. The van der Waals surface area contributed by atoms with Gasteiger partial charge in [0.2, 0.25) is 8.32 Å². The first-order valence-corrected chi connectivity index (χ1v) is 11.7. The van der Waals surface area contributed by atoms with Crippen LogP contribution in [0.3, 0.4) is 0 Å². The number of ether oxygens (including phenoxy) is 1. The summed E-state index contributed by atoms with van der Waals surface area (Å²) in [5.74, 6) is -1.50. The summed E-state index contributed by atoms with van der Waals surface area (Å²) >= 11 is 0. The van der Waals surface area contributed by atoms with E-state index in [1.54, 1.807) is 6.20 Å². The van der Waals surface area contributed by atoms with Crippen LogP contribution in [-0.2, 0) is 20.6 Å². The zero-order valence-electron chi connectivity index (χ0n) is 17.4. The first-order valence-electron chi connectivity index (χ1n) is 9.51. The Balaban J connectivity index is 2.28. The summed E-state index contributed by atoms with van der Waals surface area (Å²) in [7, 11) is -0.729. The van der Waals surface area contributed by atoms with Crippen molar-refractivity contribution >= 4 is 31.0 Å². The van der Waals surface area contributed by atoms with Crippen molar-refractivity contribution in [3.05, 3.63) is 35.5 Å². The quantitative estimate of drug-likeness (QED) is 0.291. The number of aromatic amines is 1. The Kier molecular flexibility index (Phi) is 6.65. The predicted molar refractivity (Wildman–Crippen MR) is 110 cm³/mol. The van der Waals surface area contributed by atoms with E-state index < -0.39 is 20.1 Å². The van der Waals surface area contributed by atoms with Crippen LogP contribution in [0.15, 0.2) is 24.4 Å². The number of carbonyl (C=O) groups is 2. The zero-order valence-corrected chi connectivity index (χ0v) is 18.4. The van der Waals surface area contributed by atoms with Crippen LogP contribution in [0.4, 0.5) is 0 Å². The molecule has 148 valence electrons. The first kappa shape index (κ1) is 21.4. The van der Waals surface area contributed by atoms with Crippen LogP contribution >= 0.6 is 0 Å². The van der Waals surface area contributed by atoms with Gasteiger partial charge in [-0.3, -0.25) is 4.79 Å². The number of aromatic nitrogens is 1. The van der Waals surface area contributed by atoms with Crippen LogP contribution in [-0.4, -0.2) is 32.2 Å². The minimum atomic E-state index is -1.94. The van der Waals surface area contributed by atoms with Gasteiger partial charge in [0.15, 0.2) is 0 Å². The number of fused-ring (bicyclic) bond motifs is 1. The second kappa shape index (κ2) is 8.40. The molecule has 2 rings (SSSR count). The highest BCUT2D eigenvalue weighted by molar-refractivity contribution is 6.77. The summed E-state index contributed by atoms with van der Waals surface area (Å²) in [6.45, 7) is 14.2. The molecule has 1 N–H and O–H groups in total. The highest BCUT2D eigenvalue weighted by Gasteiger charge is 2.44. The van der Waals surface area contributed by atoms with E-state index in [2.05, 4.69) is 51.3 Å². The first-order chi connectivity index (χ1) is 12.6. The van der Waals surface area contributed by atoms with Gasteiger partial charge < -0.3 is 14.1 Å². The average Bonchev–Trinajstić information content (AvgIpc) is 3.03. The minimum Gasteiger partial charge on any atom is -0.463 e. The van der Waals surface area contributed by atoms with Crippen molar-refractivity contribution in [2.24, 2.45) is 0 Å². The van der Waals surface area contributed by atoms with Crippen molar-refractivity contribution in [2.45, 2.75) is 64.8 Å². The molecule has 0 bridgehead atoms. The second-order valence-electron chi connectivity index (χ2n) is 8.01. The van der Waals surface area contributed by atoms with Gasteiger partial charge in [0.1, 0.15) is 0 Å². The van der Waals surface area contributed by atoms with Crippen LogP contribution in [0.2, 0.25) is 16.6 Å². The summed E-state index contributed by atoms with van der Waals surface area (Å²) in [6, 6.07) is 5.82. The number of hydrogen-bond acceptors (Lipinski definition) is 4. The maximum absolute atomic E-state index is 12.1. The van der Waals surface area contributed by atoms with Gasteiger partial charge in [-0.2, -0.15) is 0 Å². The Hall–Kier alpha value is -1.92. The molecule has 1 aromatic heterocycles. The van der Waals surface area contributed by atoms with E-state index in [0.29, 0.717) is 34.2 Å². The topological polar surface area (TPSA) is 68.4 Å².